The Morgan fingerprint density at radius 2 is 2.00 bits per heavy atom. The number of amides is 1. The standard InChI is InChI=1S/C15H24N4O2/c1-5-15(6-2,14(16)18-21)17-13(20)11-8-7-9-12(10-11)19(3)4/h7-10,21H,5-6H2,1-4H3,(H2,16,18)(H,17,20). The smallest absolute Gasteiger partial charge is 0.252 e. The summed E-state index contributed by atoms with van der Waals surface area (Å²) in [6.45, 7) is 3.77. The SMILES string of the molecule is CCC(CC)(NC(=O)c1cccc(N(C)C)c1)/C(N)=N/O. The molecule has 0 aliphatic carbocycles. The van der Waals surface area contributed by atoms with Gasteiger partial charge in [0.05, 0.1) is 0 Å². The lowest BCUT2D eigenvalue weighted by atomic mass is 9.91. The number of nitrogens with one attached hydrogen (secondary N) is 1. The van der Waals surface area contributed by atoms with Crippen molar-refractivity contribution in [3.63, 3.8) is 0 Å². The minimum absolute atomic E-state index is 0.0182. The van der Waals surface area contributed by atoms with Gasteiger partial charge in [0.25, 0.3) is 5.91 Å². The zero-order chi connectivity index (χ0) is 16.0. The van der Waals surface area contributed by atoms with E-state index in [2.05, 4.69) is 10.5 Å². The van der Waals surface area contributed by atoms with E-state index in [1.54, 1.807) is 12.1 Å². The van der Waals surface area contributed by atoms with Crippen LogP contribution < -0.4 is 16.0 Å². The number of nitrogens with two attached hydrogens (primary N) is 1. The maximum Gasteiger partial charge on any atom is 0.252 e. The van der Waals surface area contributed by atoms with Crippen molar-refractivity contribution >= 4 is 17.4 Å². The molecule has 0 saturated heterocycles. The van der Waals surface area contributed by atoms with Gasteiger partial charge in [-0.15, -0.1) is 0 Å². The van der Waals surface area contributed by atoms with Crippen molar-refractivity contribution in [1.82, 2.24) is 5.32 Å². The molecule has 0 bridgehead atoms. The predicted molar refractivity (Wildman–Crippen MR) is 85.0 cm³/mol. The van der Waals surface area contributed by atoms with Crippen LogP contribution in [-0.4, -0.2) is 36.6 Å². The lowest BCUT2D eigenvalue weighted by molar-refractivity contribution is 0.0918. The lowest BCUT2D eigenvalue weighted by Crippen LogP contribution is -2.56. The first kappa shape index (κ1) is 16.8. The van der Waals surface area contributed by atoms with Crippen molar-refractivity contribution in [3.8, 4) is 0 Å². The lowest BCUT2D eigenvalue weighted by Gasteiger charge is -2.31. The summed E-state index contributed by atoms with van der Waals surface area (Å²) in [5, 5.41) is 14.9. The zero-order valence-electron chi connectivity index (χ0n) is 13.1. The van der Waals surface area contributed by atoms with Crippen LogP contribution in [0.3, 0.4) is 0 Å². The summed E-state index contributed by atoms with van der Waals surface area (Å²) < 4.78 is 0. The molecule has 0 spiro atoms. The van der Waals surface area contributed by atoms with Crippen molar-refractivity contribution in [1.29, 1.82) is 0 Å². The molecule has 116 valence electrons. The average Bonchev–Trinajstić information content (AvgIpc) is 2.51. The Morgan fingerprint density at radius 3 is 2.48 bits per heavy atom. The third-order valence-electron chi connectivity index (χ3n) is 3.78. The van der Waals surface area contributed by atoms with E-state index in [9.17, 15) is 4.79 Å². The van der Waals surface area contributed by atoms with Crippen LogP contribution in [0.1, 0.15) is 37.0 Å². The first-order chi connectivity index (χ1) is 9.90. The van der Waals surface area contributed by atoms with Crippen LogP contribution in [0.4, 0.5) is 5.69 Å². The second kappa shape index (κ2) is 6.97. The van der Waals surface area contributed by atoms with Crippen molar-refractivity contribution in [2.75, 3.05) is 19.0 Å². The number of rotatable bonds is 6. The summed E-state index contributed by atoms with van der Waals surface area (Å²) in [6.07, 6.45) is 1.08. The number of oxime groups is 1. The molecule has 1 aromatic rings. The quantitative estimate of drug-likeness (QED) is 0.323. The van der Waals surface area contributed by atoms with Gasteiger partial charge >= 0.3 is 0 Å². The molecule has 4 N–H and O–H groups in total. The highest BCUT2D eigenvalue weighted by molar-refractivity contribution is 6.00. The summed E-state index contributed by atoms with van der Waals surface area (Å²) in [4.78, 5) is 14.4. The van der Waals surface area contributed by atoms with E-state index in [0.29, 0.717) is 18.4 Å². The van der Waals surface area contributed by atoms with Crippen LogP contribution in [0, 0.1) is 0 Å². The summed E-state index contributed by atoms with van der Waals surface area (Å²) >= 11 is 0. The second-order valence-corrected chi connectivity index (χ2v) is 5.17. The molecule has 6 nitrogen and oxygen atoms in total. The van der Waals surface area contributed by atoms with Gasteiger partial charge in [0, 0.05) is 25.3 Å². The minimum Gasteiger partial charge on any atom is -0.409 e. The molecule has 0 radical (unpaired) electrons. The molecule has 0 heterocycles. The van der Waals surface area contributed by atoms with Gasteiger partial charge in [-0.3, -0.25) is 4.79 Å². The van der Waals surface area contributed by atoms with E-state index in [1.165, 1.54) is 0 Å². The molecule has 21 heavy (non-hydrogen) atoms. The van der Waals surface area contributed by atoms with Crippen molar-refractivity contribution in [2.24, 2.45) is 10.9 Å². The monoisotopic (exact) mass is 292 g/mol. The van der Waals surface area contributed by atoms with Gasteiger partial charge in [0.15, 0.2) is 5.84 Å². The van der Waals surface area contributed by atoms with E-state index in [-0.39, 0.29) is 11.7 Å². The molecule has 0 aromatic heterocycles. The Hall–Kier alpha value is -2.24. The highest BCUT2D eigenvalue weighted by Crippen LogP contribution is 2.18. The number of benzene rings is 1. The molecule has 6 heteroatoms. The number of anilines is 1. The van der Waals surface area contributed by atoms with Gasteiger partial charge in [-0.1, -0.05) is 25.1 Å². The minimum atomic E-state index is -0.833. The zero-order valence-corrected chi connectivity index (χ0v) is 13.1. The molecule has 0 aliphatic rings. The van der Waals surface area contributed by atoms with E-state index >= 15 is 0 Å². The normalized spacial score (nSPS) is 12.1. The Labute approximate surface area is 125 Å². The average molecular weight is 292 g/mol. The molecule has 0 fully saturated rings. The number of carbonyl (C=O) groups excluding carboxylic acids is 1. The highest BCUT2D eigenvalue weighted by atomic mass is 16.4. The third-order valence-corrected chi connectivity index (χ3v) is 3.78. The number of hydrogen-bond acceptors (Lipinski definition) is 4. The Morgan fingerprint density at radius 1 is 1.38 bits per heavy atom. The van der Waals surface area contributed by atoms with Crippen LogP contribution in [0.5, 0.6) is 0 Å². The van der Waals surface area contributed by atoms with Crippen molar-refractivity contribution < 1.29 is 10.0 Å². The van der Waals surface area contributed by atoms with E-state index < -0.39 is 5.54 Å². The number of nitrogens with zero attached hydrogens (tertiary/aromatic N) is 2. The molecule has 1 aromatic carbocycles. The van der Waals surface area contributed by atoms with Crippen LogP contribution in [0.15, 0.2) is 29.4 Å². The first-order valence-corrected chi connectivity index (χ1v) is 6.98. The van der Waals surface area contributed by atoms with Crippen LogP contribution in [0.25, 0.3) is 0 Å². The van der Waals surface area contributed by atoms with Gasteiger partial charge in [0.1, 0.15) is 5.54 Å². The Kier molecular flexibility index (Phi) is 5.58. The van der Waals surface area contributed by atoms with Crippen LogP contribution in [0.2, 0.25) is 0 Å². The van der Waals surface area contributed by atoms with Crippen LogP contribution in [-0.2, 0) is 0 Å². The topological polar surface area (TPSA) is 91.0 Å². The first-order valence-electron chi connectivity index (χ1n) is 6.98. The number of hydrogen-bond donors (Lipinski definition) is 3. The van der Waals surface area contributed by atoms with Gasteiger partial charge in [-0.25, -0.2) is 0 Å². The van der Waals surface area contributed by atoms with Crippen LogP contribution >= 0.6 is 0 Å². The Balaban J connectivity index is 3.05. The summed E-state index contributed by atoms with van der Waals surface area (Å²) in [7, 11) is 3.83. The number of amidine groups is 1. The molecular formula is C15H24N4O2. The summed E-state index contributed by atoms with van der Waals surface area (Å²) in [5.74, 6) is -0.224. The highest BCUT2D eigenvalue weighted by Gasteiger charge is 2.33. The van der Waals surface area contributed by atoms with Crippen molar-refractivity contribution in [2.45, 2.75) is 32.2 Å². The van der Waals surface area contributed by atoms with Gasteiger partial charge < -0.3 is 21.2 Å². The van der Waals surface area contributed by atoms with E-state index in [4.69, 9.17) is 10.9 Å². The van der Waals surface area contributed by atoms with Gasteiger partial charge in [-0.05, 0) is 31.0 Å². The van der Waals surface area contributed by atoms with E-state index in [0.717, 1.165) is 5.69 Å². The second-order valence-electron chi connectivity index (χ2n) is 5.17. The molecule has 1 amide bonds. The molecule has 0 aliphatic heterocycles. The maximum atomic E-state index is 12.5. The summed E-state index contributed by atoms with van der Waals surface area (Å²) in [6, 6.07) is 7.29. The van der Waals surface area contributed by atoms with Crippen molar-refractivity contribution in [3.05, 3.63) is 29.8 Å². The molecule has 0 saturated carbocycles. The maximum absolute atomic E-state index is 12.5. The van der Waals surface area contributed by atoms with Gasteiger partial charge in [-0.2, -0.15) is 0 Å². The molecular weight excluding hydrogens is 268 g/mol. The molecule has 0 unspecified atom stereocenters. The fourth-order valence-corrected chi connectivity index (χ4v) is 2.16. The Bertz CT molecular complexity index is 522. The summed E-state index contributed by atoms with van der Waals surface area (Å²) in [5.41, 5.74) is 6.40. The largest absolute Gasteiger partial charge is 0.409 e. The van der Waals surface area contributed by atoms with E-state index in [1.807, 2.05) is 45.0 Å². The molecule has 0 atom stereocenters. The molecule has 1 rings (SSSR count). The third kappa shape index (κ3) is 3.65. The number of carbonyl (C=O) groups is 1. The predicted octanol–water partition coefficient (Wildman–Crippen LogP) is 1.79. The fourth-order valence-electron chi connectivity index (χ4n) is 2.16. The van der Waals surface area contributed by atoms with Gasteiger partial charge in [0.2, 0.25) is 0 Å². The fraction of sp³-hybridized carbons (Fsp3) is 0.467.